The van der Waals surface area contributed by atoms with Crippen LogP contribution in [-0.2, 0) is 11.3 Å². The van der Waals surface area contributed by atoms with E-state index in [1.54, 1.807) is 0 Å². The summed E-state index contributed by atoms with van der Waals surface area (Å²) in [4.78, 5) is 13.6. The number of rotatable bonds is 5. The first-order valence-electron chi connectivity index (χ1n) is 5.84. The number of nitrogens with two attached hydrogens (primary N) is 1. The van der Waals surface area contributed by atoms with E-state index in [-0.39, 0.29) is 11.9 Å². The van der Waals surface area contributed by atoms with Gasteiger partial charge >= 0.3 is 0 Å². The predicted octanol–water partition coefficient (Wildman–Crippen LogP) is 1.20. The summed E-state index contributed by atoms with van der Waals surface area (Å²) >= 11 is 0. The number of carbonyl (C=O) groups is 1. The van der Waals surface area contributed by atoms with Crippen LogP contribution < -0.4 is 11.3 Å². The molecule has 0 saturated heterocycles. The Morgan fingerprint density at radius 1 is 1.41 bits per heavy atom. The van der Waals surface area contributed by atoms with Crippen molar-refractivity contribution in [2.24, 2.45) is 5.84 Å². The third-order valence-corrected chi connectivity index (χ3v) is 2.92. The van der Waals surface area contributed by atoms with Crippen molar-refractivity contribution in [1.29, 1.82) is 0 Å². The molecule has 1 rings (SSSR count). The highest BCUT2D eigenvalue weighted by Gasteiger charge is 2.20. The summed E-state index contributed by atoms with van der Waals surface area (Å²) in [5.74, 6) is 5.04. The first kappa shape index (κ1) is 13.7. The van der Waals surface area contributed by atoms with Crippen molar-refractivity contribution in [2.75, 3.05) is 7.05 Å². The van der Waals surface area contributed by atoms with Crippen LogP contribution >= 0.6 is 0 Å². The zero-order valence-electron chi connectivity index (χ0n) is 10.7. The van der Waals surface area contributed by atoms with Gasteiger partial charge in [-0.3, -0.25) is 15.1 Å². The second-order valence-corrected chi connectivity index (χ2v) is 4.33. The fraction of sp³-hybridized carbons (Fsp3) is 0.462. The van der Waals surface area contributed by atoms with Crippen LogP contribution in [0.3, 0.4) is 0 Å². The van der Waals surface area contributed by atoms with Gasteiger partial charge in [-0.15, -0.1) is 0 Å². The number of hydrogen-bond donors (Lipinski definition) is 2. The van der Waals surface area contributed by atoms with Gasteiger partial charge in [0.1, 0.15) is 0 Å². The van der Waals surface area contributed by atoms with Crippen molar-refractivity contribution >= 4 is 5.91 Å². The number of hydrazine groups is 1. The molecule has 0 bridgehead atoms. The molecule has 0 fully saturated rings. The van der Waals surface area contributed by atoms with Crippen LogP contribution in [0, 0.1) is 6.92 Å². The van der Waals surface area contributed by atoms with Gasteiger partial charge in [0.15, 0.2) is 0 Å². The minimum absolute atomic E-state index is 0.137. The second-order valence-electron chi connectivity index (χ2n) is 4.33. The number of nitrogens with zero attached hydrogens (tertiary/aromatic N) is 1. The van der Waals surface area contributed by atoms with Crippen LogP contribution in [0.25, 0.3) is 0 Å². The lowest BCUT2D eigenvalue weighted by Crippen LogP contribution is -2.46. The third-order valence-electron chi connectivity index (χ3n) is 2.92. The zero-order chi connectivity index (χ0) is 12.8. The van der Waals surface area contributed by atoms with Gasteiger partial charge in [0.05, 0.1) is 6.04 Å². The van der Waals surface area contributed by atoms with Crippen LogP contribution in [0.4, 0.5) is 0 Å². The topological polar surface area (TPSA) is 58.4 Å². The van der Waals surface area contributed by atoms with Crippen molar-refractivity contribution in [3.63, 3.8) is 0 Å². The maximum absolute atomic E-state index is 11.6. The minimum Gasteiger partial charge on any atom is -0.293 e. The predicted molar refractivity (Wildman–Crippen MR) is 69.1 cm³/mol. The summed E-state index contributed by atoms with van der Waals surface area (Å²) < 4.78 is 0. The summed E-state index contributed by atoms with van der Waals surface area (Å²) in [5, 5.41) is 0. The van der Waals surface area contributed by atoms with Gasteiger partial charge in [-0.25, -0.2) is 5.84 Å². The lowest BCUT2D eigenvalue weighted by atomic mass is 10.1. The molecule has 4 heteroatoms. The Kier molecular flexibility index (Phi) is 5.12. The fourth-order valence-corrected chi connectivity index (χ4v) is 1.89. The minimum atomic E-state index is -0.179. The van der Waals surface area contributed by atoms with E-state index in [1.807, 2.05) is 18.9 Å². The number of amides is 1. The molecule has 1 aromatic rings. The lowest BCUT2D eigenvalue weighted by molar-refractivity contribution is -0.126. The molecule has 0 heterocycles. The van der Waals surface area contributed by atoms with E-state index in [4.69, 9.17) is 5.84 Å². The normalized spacial score (nSPS) is 12.5. The smallest absolute Gasteiger partial charge is 0.251 e. The average molecular weight is 235 g/mol. The molecule has 1 atom stereocenters. The molecule has 1 unspecified atom stereocenters. The Balaban J connectivity index is 2.66. The summed E-state index contributed by atoms with van der Waals surface area (Å²) in [6.07, 6.45) is 0.741. The molecule has 17 heavy (non-hydrogen) atoms. The molecule has 1 amide bonds. The first-order valence-corrected chi connectivity index (χ1v) is 5.84. The molecule has 0 aliphatic heterocycles. The van der Waals surface area contributed by atoms with Crippen molar-refractivity contribution in [1.82, 2.24) is 10.3 Å². The largest absolute Gasteiger partial charge is 0.293 e. The quantitative estimate of drug-likeness (QED) is 0.458. The van der Waals surface area contributed by atoms with E-state index in [2.05, 4.69) is 36.6 Å². The van der Waals surface area contributed by atoms with Gasteiger partial charge in [0.2, 0.25) is 0 Å². The Labute approximate surface area is 103 Å². The summed E-state index contributed by atoms with van der Waals surface area (Å²) in [6.45, 7) is 4.78. The summed E-state index contributed by atoms with van der Waals surface area (Å²) in [6, 6.07) is 8.14. The van der Waals surface area contributed by atoms with Crippen molar-refractivity contribution in [3.8, 4) is 0 Å². The Hall–Kier alpha value is -1.39. The van der Waals surface area contributed by atoms with Crippen molar-refractivity contribution in [3.05, 3.63) is 35.4 Å². The van der Waals surface area contributed by atoms with Gasteiger partial charge in [-0.1, -0.05) is 36.8 Å². The summed E-state index contributed by atoms with van der Waals surface area (Å²) in [5.41, 5.74) is 4.65. The van der Waals surface area contributed by atoms with E-state index in [0.717, 1.165) is 13.0 Å². The number of hydrogen-bond acceptors (Lipinski definition) is 3. The Morgan fingerprint density at radius 3 is 2.47 bits per heavy atom. The molecule has 3 N–H and O–H groups in total. The van der Waals surface area contributed by atoms with E-state index >= 15 is 0 Å². The van der Waals surface area contributed by atoms with Gasteiger partial charge in [-0.2, -0.15) is 0 Å². The average Bonchev–Trinajstić information content (AvgIpc) is 2.32. The molecular formula is C13H21N3O. The van der Waals surface area contributed by atoms with E-state index in [1.165, 1.54) is 11.1 Å². The number of benzene rings is 1. The first-order chi connectivity index (χ1) is 8.08. The maximum atomic E-state index is 11.6. The highest BCUT2D eigenvalue weighted by atomic mass is 16.2. The number of nitrogens with one attached hydrogen (secondary N) is 1. The second kappa shape index (κ2) is 6.37. The van der Waals surface area contributed by atoms with Crippen LogP contribution in [0.1, 0.15) is 24.5 Å². The van der Waals surface area contributed by atoms with E-state index < -0.39 is 0 Å². The number of likely N-dealkylation sites (N-methyl/N-ethyl adjacent to an activating group) is 1. The molecular weight excluding hydrogens is 214 g/mol. The highest BCUT2D eigenvalue weighted by molar-refractivity contribution is 5.80. The van der Waals surface area contributed by atoms with Crippen molar-refractivity contribution in [2.45, 2.75) is 32.9 Å². The monoisotopic (exact) mass is 235 g/mol. The van der Waals surface area contributed by atoms with Crippen molar-refractivity contribution < 1.29 is 4.79 Å². The fourth-order valence-electron chi connectivity index (χ4n) is 1.89. The summed E-state index contributed by atoms with van der Waals surface area (Å²) in [7, 11) is 1.93. The van der Waals surface area contributed by atoms with E-state index in [0.29, 0.717) is 0 Å². The number of aryl methyl sites for hydroxylation is 1. The molecule has 94 valence electrons. The molecule has 0 saturated carbocycles. The molecule has 4 nitrogen and oxygen atoms in total. The maximum Gasteiger partial charge on any atom is 0.251 e. The standard InChI is InChI=1S/C13H21N3O/c1-4-12(13(17)15-14)16(3)9-11-7-5-10(2)6-8-11/h5-8,12H,4,9,14H2,1-3H3,(H,15,17). The molecule has 0 aliphatic carbocycles. The van der Waals surface area contributed by atoms with Crippen LogP contribution in [0.15, 0.2) is 24.3 Å². The number of carbonyl (C=O) groups excluding carboxylic acids is 1. The Bertz CT molecular complexity index is 361. The molecule has 0 aliphatic rings. The van der Waals surface area contributed by atoms with Crippen LogP contribution in [-0.4, -0.2) is 23.9 Å². The Morgan fingerprint density at radius 2 is 2.00 bits per heavy atom. The van der Waals surface area contributed by atoms with Crippen LogP contribution in [0.5, 0.6) is 0 Å². The zero-order valence-corrected chi connectivity index (χ0v) is 10.7. The van der Waals surface area contributed by atoms with Crippen LogP contribution in [0.2, 0.25) is 0 Å². The molecule has 1 aromatic carbocycles. The molecule has 0 spiro atoms. The van der Waals surface area contributed by atoms with Gasteiger partial charge < -0.3 is 0 Å². The van der Waals surface area contributed by atoms with Gasteiger partial charge in [-0.05, 0) is 26.0 Å². The SMILES string of the molecule is CCC(C(=O)NN)N(C)Cc1ccc(C)cc1. The molecule has 0 radical (unpaired) electrons. The highest BCUT2D eigenvalue weighted by Crippen LogP contribution is 2.10. The lowest BCUT2D eigenvalue weighted by Gasteiger charge is -2.25. The molecule has 0 aromatic heterocycles. The van der Waals surface area contributed by atoms with Gasteiger partial charge in [0.25, 0.3) is 5.91 Å². The van der Waals surface area contributed by atoms with E-state index in [9.17, 15) is 4.79 Å². The van der Waals surface area contributed by atoms with Gasteiger partial charge in [0, 0.05) is 6.54 Å². The third kappa shape index (κ3) is 3.84.